The summed E-state index contributed by atoms with van der Waals surface area (Å²) in [6.07, 6.45) is 7.63. The van der Waals surface area contributed by atoms with E-state index in [9.17, 15) is 14.4 Å². The Balaban J connectivity index is 1.38. The van der Waals surface area contributed by atoms with Gasteiger partial charge in [-0.25, -0.2) is 0 Å². The summed E-state index contributed by atoms with van der Waals surface area (Å²) in [5, 5.41) is 3.81. The number of Topliss-reactive ketones (excluding diaryl/α,β-unsaturated/α-hetero) is 1. The molecule has 2 saturated heterocycles. The molecule has 0 radical (unpaired) electrons. The molecule has 32 heavy (non-hydrogen) atoms. The average molecular weight is 454 g/mol. The first-order valence-corrected chi connectivity index (χ1v) is 11.6. The molecule has 1 aromatic heterocycles. The van der Waals surface area contributed by atoms with Gasteiger partial charge in [-0.3, -0.25) is 19.4 Å². The molecule has 1 N–H and O–H groups in total. The maximum Gasteiger partial charge on any atom is 0.222 e. The number of piperidine rings is 1. The van der Waals surface area contributed by atoms with Crippen LogP contribution < -0.4 is 5.32 Å². The SMILES string of the molecule is O=C1CC[C@@](CCC(=O)N2CCC[C@H](C(=O)c3cccnc3)C2)(Cc2ccc(Cl)cc2)N1. The summed E-state index contributed by atoms with van der Waals surface area (Å²) >= 11 is 6.00. The zero-order valence-electron chi connectivity index (χ0n) is 18.1. The molecule has 0 spiro atoms. The standard InChI is InChI=1S/C25H28ClN3O3/c26-21-7-5-18(6-8-21)15-25(11-9-22(30)28-25)12-10-23(31)29-14-2-4-20(17-29)24(32)19-3-1-13-27-16-19/h1,3,5-8,13,16,20H,2,4,9-12,14-15,17H2,(H,28,30)/t20-,25+/m0/s1. The first-order valence-electron chi connectivity index (χ1n) is 11.2. The third-order valence-electron chi connectivity index (χ3n) is 6.60. The van der Waals surface area contributed by atoms with Gasteiger partial charge in [0.05, 0.1) is 0 Å². The van der Waals surface area contributed by atoms with Gasteiger partial charge in [0, 0.05) is 60.4 Å². The highest BCUT2D eigenvalue weighted by Crippen LogP contribution is 2.31. The number of nitrogens with one attached hydrogen (secondary N) is 1. The number of halogens is 1. The number of nitrogens with zero attached hydrogens (tertiary/aromatic N) is 2. The molecule has 2 atom stereocenters. The number of hydrogen-bond donors (Lipinski definition) is 1. The molecule has 168 valence electrons. The van der Waals surface area contributed by atoms with Crippen molar-refractivity contribution >= 4 is 29.2 Å². The van der Waals surface area contributed by atoms with Crippen molar-refractivity contribution in [2.45, 2.75) is 50.5 Å². The van der Waals surface area contributed by atoms with Crippen LogP contribution in [0.15, 0.2) is 48.8 Å². The van der Waals surface area contributed by atoms with Crippen LogP contribution in [-0.2, 0) is 16.0 Å². The van der Waals surface area contributed by atoms with Crippen molar-refractivity contribution in [2.24, 2.45) is 5.92 Å². The number of aromatic nitrogens is 1. The summed E-state index contributed by atoms with van der Waals surface area (Å²) in [6.45, 7) is 1.12. The van der Waals surface area contributed by atoms with E-state index in [1.54, 1.807) is 24.5 Å². The smallest absolute Gasteiger partial charge is 0.222 e. The Morgan fingerprint density at radius 3 is 2.72 bits per heavy atom. The minimum atomic E-state index is -0.415. The second kappa shape index (κ2) is 9.82. The Hall–Kier alpha value is -2.73. The van der Waals surface area contributed by atoms with E-state index in [4.69, 9.17) is 11.6 Å². The highest BCUT2D eigenvalue weighted by molar-refractivity contribution is 6.30. The van der Waals surface area contributed by atoms with Gasteiger partial charge in [0.15, 0.2) is 5.78 Å². The van der Waals surface area contributed by atoms with Crippen LogP contribution in [0.3, 0.4) is 0 Å². The summed E-state index contributed by atoms with van der Waals surface area (Å²) in [6, 6.07) is 11.2. The van der Waals surface area contributed by atoms with Gasteiger partial charge in [0.2, 0.25) is 11.8 Å². The lowest BCUT2D eigenvalue weighted by Gasteiger charge is -2.34. The Bertz CT molecular complexity index is 980. The predicted molar refractivity (Wildman–Crippen MR) is 122 cm³/mol. The monoisotopic (exact) mass is 453 g/mol. The van der Waals surface area contributed by atoms with Crippen LogP contribution in [0, 0.1) is 5.92 Å². The van der Waals surface area contributed by atoms with Crippen molar-refractivity contribution in [3.63, 3.8) is 0 Å². The number of carbonyl (C=O) groups excluding carboxylic acids is 3. The number of rotatable bonds is 7. The molecule has 6 nitrogen and oxygen atoms in total. The zero-order valence-corrected chi connectivity index (χ0v) is 18.8. The van der Waals surface area contributed by atoms with Crippen LogP contribution in [0.1, 0.15) is 54.4 Å². The minimum Gasteiger partial charge on any atom is -0.350 e. The molecule has 2 aliphatic rings. The van der Waals surface area contributed by atoms with Crippen molar-refractivity contribution < 1.29 is 14.4 Å². The van der Waals surface area contributed by atoms with Gasteiger partial charge >= 0.3 is 0 Å². The molecule has 0 bridgehead atoms. The van der Waals surface area contributed by atoms with E-state index in [0.29, 0.717) is 55.8 Å². The van der Waals surface area contributed by atoms with Gasteiger partial charge in [-0.05, 0) is 61.9 Å². The van der Waals surface area contributed by atoms with E-state index < -0.39 is 5.54 Å². The summed E-state index contributed by atoms with van der Waals surface area (Å²) in [5.41, 5.74) is 1.27. The number of hydrogen-bond acceptors (Lipinski definition) is 4. The van der Waals surface area contributed by atoms with Crippen LogP contribution >= 0.6 is 11.6 Å². The van der Waals surface area contributed by atoms with Crippen LogP contribution in [0.4, 0.5) is 0 Å². The number of ketones is 1. The Morgan fingerprint density at radius 1 is 1.22 bits per heavy atom. The van der Waals surface area contributed by atoms with Crippen LogP contribution in [0.5, 0.6) is 0 Å². The molecule has 2 fully saturated rings. The molecule has 4 rings (SSSR count). The molecule has 0 aliphatic carbocycles. The van der Waals surface area contributed by atoms with E-state index in [0.717, 1.165) is 18.4 Å². The number of likely N-dealkylation sites (tertiary alicyclic amines) is 1. The van der Waals surface area contributed by atoms with Crippen molar-refractivity contribution in [1.29, 1.82) is 0 Å². The maximum atomic E-state index is 13.1. The summed E-state index contributed by atoms with van der Waals surface area (Å²) in [7, 11) is 0. The fourth-order valence-corrected chi connectivity index (χ4v) is 4.97. The van der Waals surface area contributed by atoms with E-state index in [-0.39, 0.29) is 23.5 Å². The minimum absolute atomic E-state index is 0.0338. The first-order chi connectivity index (χ1) is 15.4. The molecular formula is C25H28ClN3O3. The molecule has 1 aromatic carbocycles. The van der Waals surface area contributed by atoms with Gasteiger partial charge in [0.25, 0.3) is 0 Å². The summed E-state index contributed by atoms with van der Waals surface area (Å²) in [4.78, 5) is 43.8. The Kier molecular flexibility index (Phi) is 6.89. The largest absolute Gasteiger partial charge is 0.350 e. The molecule has 0 unspecified atom stereocenters. The second-order valence-electron chi connectivity index (χ2n) is 8.92. The normalized spacial score (nSPS) is 23.1. The van der Waals surface area contributed by atoms with Gasteiger partial charge in [-0.2, -0.15) is 0 Å². The Labute approximate surface area is 193 Å². The van der Waals surface area contributed by atoms with Crippen molar-refractivity contribution in [1.82, 2.24) is 15.2 Å². The average Bonchev–Trinajstić information content (AvgIpc) is 3.19. The summed E-state index contributed by atoms with van der Waals surface area (Å²) in [5.74, 6) is -0.0548. The maximum absolute atomic E-state index is 13.1. The van der Waals surface area contributed by atoms with Crippen LogP contribution in [-0.4, -0.2) is 46.1 Å². The quantitative estimate of drug-likeness (QED) is 0.646. The highest BCUT2D eigenvalue weighted by atomic mass is 35.5. The van der Waals surface area contributed by atoms with E-state index >= 15 is 0 Å². The molecule has 2 amide bonds. The van der Waals surface area contributed by atoms with Crippen molar-refractivity contribution in [3.05, 3.63) is 64.9 Å². The molecule has 7 heteroatoms. The van der Waals surface area contributed by atoms with E-state index in [1.807, 2.05) is 29.2 Å². The second-order valence-corrected chi connectivity index (χ2v) is 9.35. The lowest BCUT2D eigenvalue weighted by Crippen LogP contribution is -2.46. The topological polar surface area (TPSA) is 79.4 Å². The molecule has 3 heterocycles. The Morgan fingerprint density at radius 2 is 2.03 bits per heavy atom. The van der Waals surface area contributed by atoms with Crippen LogP contribution in [0.2, 0.25) is 5.02 Å². The fraction of sp³-hybridized carbons (Fsp3) is 0.440. The van der Waals surface area contributed by atoms with E-state index in [1.165, 1.54) is 0 Å². The molecule has 2 aromatic rings. The number of amides is 2. The van der Waals surface area contributed by atoms with Crippen molar-refractivity contribution in [2.75, 3.05) is 13.1 Å². The number of pyridine rings is 1. The first kappa shape index (κ1) is 22.5. The van der Waals surface area contributed by atoms with Gasteiger partial charge in [-0.1, -0.05) is 23.7 Å². The lowest BCUT2D eigenvalue weighted by molar-refractivity contribution is -0.133. The van der Waals surface area contributed by atoms with Gasteiger partial charge < -0.3 is 10.2 Å². The molecule has 2 aliphatic heterocycles. The third-order valence-corrected chi connectivity index (χ3v) is 6.85. The zero-order chi connectivity index (χ0) is 22.6. The summed E-state index contributed by atoms with van der Waals surface area (Å²) < 4.78 is 0. The molecule has 0 saturated carbocycles. The van der Waals surface area contributed by atoms with Crippen LogP contribution in [0.25, 0.3) is 0 Å². The highest BCUT2D eigenvalue weighted by Gasteiger charge is 2.38. The lowest BCUT2D eigenvalue weighted by atomic mass is 9.84. The predicted octanol–water partition coefficient (Wildman–Crippen LogP) is 3.83. The molecular weight excluding hydrogens is 426 g/mol. The van der Waals surface area contributed by atoms with E-state index in [2.05, 4.69) is 10.3 Å². The van der Waals surface area contributed by atoms with Gasteiger partial charge in [0.1, 0.15) is 0 Å². The third kappa shape index (κ3) is 5.36. The van der Waals surface area contributed by atoms with Crippen molar-refractivity contribution in [3.8, 4) is 0 Å². The fourth-order valence-electron chi connectivity index (χ4n) is 4.84. The number of benzene rings is 1. The number of carbonyl (C=O) groups is 3. The van der Waals surface area contributed by atoms with Gasteiger partial charge in [-0.15, -0.1) is 0 Å².